The molecule has 2 aliphatic rings. The van der Waals surface area contributed by atoms with Gasteiger partial charge in [-0.2, -0.15) is 13.1 Å². The van der Waals surface area contributed by atoms with Crippen molar-refractivity contribution in [1.82, 2.24) is 4.98 Å². The van der Waals surface area contributed by atoms with Gasteiger partial charge in [-0.3, -0.25) is 4.98 Å². The highest BCUT2D eigenvalue weighted by molar-refractivity contribution is 7.92. The maximum atomic E-state index is 13.9. The molecular formula is C39H44Cl2F2N2O11S. The molecule has 2 fully saturated rings. The average molecular weight is 858 g/mol. The van der Waals surface area contributed by atoms with Crippen molar-refractivity contribution < 1.29 is 60.0 Å². The van der Waals surface area contributed by atoms with Gasteiger partial charge in [-0.25, -0.2) is 22.8 Å². The van der Waals surface area contributed by atoms with Crippen molar-refractivity contribution in [3.63, 3.8) is 0 Å². The van der Waals surface area contributed by atoms with Crippen molar-refractivity contribution in [2.45, 2.75) is 90.6 Å². The average Bonchev–Trinajstić information content (AvgIpc) is 4.03. The van der Waals surface area contributed by atoms with Crippen LogP contribution in [-0.4, -0.2) is 68.7 Å². The van der Waals surface area contributed by atoms with Gasteiger partial charge in [0.25, 0.3) is 0 Å². The molecule has 3 aromatic rings. The Labute approximate surface area is 339 Å². The SMILES string of the molecule is CC(C)(C)OC(=O)N(c1ccc(C(=O)OC(C)(C)C(=O)O[C@@H](Cc2c(Cl)cncc2Cl)c2ccc(OC(F)F)c(OCC3CC3)c2)cc1OCC1CC1)S(C)(=O)=O. The molecule has 1 amide bonds. The van der Waals surface area contributed by atoms with Gasteiger partial charge in [0, 0.05) is 18.8 Å². The summed E-state index contributed by atoms with van der Waals surface area (Å²) in [4.78, 5) is 44.7. The molecule has 310 valence electrons. The summed E-state index contributed by atoms with van der Waals surface area (Å²) in [5, 5.41) is 0.336. The number of sulfonamides is 1. The van der Waals surface area contributed by atoms with Crippen LogP contribution in [0.2, 0.25) is 10.0 Å². The van der Waals surface area contributed by atoms with Crippen molar-refractivity contribution in [3.05, 3.63) is 75.5 Å². The number of anilines is 1. The van der Waals surface area contributed by atoms with Crippen LogP contribution in [0.25, 0.3) is 0 Å². The van der Waals surface area contributed by atoms with Crippen molar-refractivity contribution in [2.24, 2.45) is 11.8 Å². The van der Waals surface area contributed by atoms with Crippen LogP contribution < -0.4 is 18.5 Å². The third kappa shape index (κ3) is 12.3. The molecule has 0 aliphatic heterocycles. The fourth-order valence-electron chi connectivity index (χ4n) is 5.31. The Hall–Kier alpha value is -4.41. The van der Waals surface area contributed by atoms with Gasteiger partial charge in [0.2, 0.25) is 15.6 Å². The number of nitrogens with zero attached hydrogens (tertiary/aromatic N) is 2. The molecule has 0 radical (unpaired) electrons. The predicted octanol–water partition coefficient (Wildman–Crippen LogP) is 8.73. The van der Waals surface area contributed by atoms with Crippen molar-refractivity contribution in [1.29, 1.82) is 0 Å². The van der Waals surface area contributed by atoms with Crippen LogP contribution in [0.4, 0.5) is 19.3 Å². The third-order valence-electron chi connectivity index (χ3n) is 8.63. The Bertz CT molecular complexity index is 2070. The molecule has 1 atom stereocenters. The van der Waals surface area contributed by atoms with E-state index in [1.807, 2.05) is 0 Å². The number of aromatic nitrogens is 1. The quantitative estimate of drug-likeness (QED) is 0.0941. The number of benzene rings is 2. The van der Waals surface area contributed by atoms with Crippen molar-refractivity contribution >= 4 is 56.9 Å². The van der Waals surface area contributed by atoms with Gasteiger partial charge in [0.15, 0.2) is 11.5 Å². The minimum Gasteiger partial charge on any atom is -0.491 e. The van der Waals surface area contributed by atoms with E-state index in [2.05, 4.69) is 9.72 Å². The zero-order valence-corrected chi connectivity index (χ0v) is 34.5. The number of rotatable bonds is 17. The second-order valence-corrected chi connectivity index (χ2v) is 18.0. The molecule has 2 aromatic carbocycles. The molecule has 2 saturated carbocycles. The maximum absolute atomic E-state index is 13.9. The number of esters is 2. The number of carbonyl (C=O) groups is 3. The van der Waals surface area contributed by atoms with Gasteiger partial charge in [-0.15, -0.1) is 0 Å². The van der Waals surface area contributed by atoms with E-state index in [1.54, 1.807) is 20.8 Å². The minimum absolute atomic E-state index is 0.00243. The molecule has 0 bridgehead atoms. The van der Waals surface area contributed by atoms with E-state index in [-0.39, 0.29) is 70.0 Å². The number of amides is 1. The summed E-state index contributed by atoms with van der Waals surface area (Å²) in [6.45, 7) is 4.66. The summed E-state index contributed by atoms with van der Waals surface area (Å²) in [7, 11) is -4.25. The Morgan fingerprint density at radius 3 is 2.00 bits per heavy atom. The van der Waals surface area contributed by atoms with Crippen molar-refractivity contribution in [2.75, 3.05) is 23.8 Å². The summed E-state index contributed by atoms with van der Waals surface area (Å²) >= 11 is 12.9. The van der Waals surface area contributed by atoms with Crippen LogP contribution in [0.1, 0.15) is 87.9 Å². The molecule has 18 heteroatoms. The van der Waals surface area contributed by atoms with Gasteiger partial charge in [-0.1, -0.05) is 29.3 Å². The smallest absolute Gasteiger partial charge is 0.429 e. The molecule has 1 heterocycles. The predicted molar refractivity (Wildman–Crippen MR) is 206 cm³/mol. The molecule has 13 nitrogen and oxygen atoms in total. The van der Waals surface area contributed by atoms with Crippen LogP contribution in [0.3, 0.4) is 0 Å². The van der Waals surface area contributed by atoms with Gasteiger partial charge in [0.1, 0.15) is 23.1 Å². The van der Waals surface area contributed by atoms with Gasteiger partial charge in [-0.05, 0) is 114 Å². The lowest BCUT2D eigenvalue weighted by Crippen LogP contribution is -2.41. The molecule has 0 unspecified atom stereocenters. The van der Waals surface area contributed by atoms with E-state index in [1.165, 1.54) is 62.6 Å². The van der Waals surface area contributed by atoms with Crippen molar-refractivity contribution in [3.8, 4) is 17.2 Å². The largest absolute Gasteiger partial charge is 0.491 e. The zero-order chi connectivity index (χ0) is 41.9. The van der Waals surface area contributed by atoms with Crippen LogP contribution >= 0.6 is 23.2 Å². The lowest BCUT2D eigenvalue weighted by molar-refractivity contribution is -0.168. The molecular weight excluding hydrogens is 813 g/mol. The van der Waals surface area contributed by atoms with E-state index >= 15 is 0 Å². The minimum atomic E-state index is -4.25. The number of hydrogen-bond donors (Lipinski definition) is 0. The highest BCUT2D eigenvalue weighted by Crippen LogP contribution is 2.40. The summed E-state index contributed by atoms with van der Waals surface area (Å²) in [5.74, 6) is -1.87. The Morgan fingerprint density at radius 2 is 1.46 bits per heavy atom. The maximum Gasteiger partial charge on any atom is 0.429 e. The van der Waals surface area contributed by atoms with Crippen LogP contribution in [-0.2, 0) is 35.4 Å². The fraction of sp³-hybridized carbons (Fsp3) is 0.487. The molecule has 2 aliphatic carbocycles. The second-order valence-electron chi connectivity index (χ2n) is 15.4. The van der Waals surface area contributed by atoms with Crippen LogP contribution in [0.15, 0.2) is 48.8 Å². The Balaban J connectivity index is 1.43. The number of hydrogen-bond acceptors (Lipinski definition) is 12. The van der Waals surface area contributed by atoms with Gasteiger partial charge < -0.3 is 28.4 Å². The summed E-state index contributed by atoms with van der Waals surface area (Å²) in [6.07, 6.45) is 4.72. The second kappa shape index (κ2) is 17.6. The summed E-state index contributed by atoms with van der Waals surface area (Å²) in [6, 6.07) is 7.75. The molecule has 1 aromatic heterocycles. The molecule has 57 heavy (non-hydrogen) atoms. The number of ether oxygens (including phenoxy) is 6. The topological polar surface area (TPSA) is 157 Å². The highest BCUT2D eigenvalue weighted by Gasteiger charge is 2.38. The monoisotopic (exact) mass is 856 g/mol. The van der Waals surface area contributed by atoms with Gasteiger partial charge in [0.05, 0.1) is 35.1 Å². The summed E-state index contributed by atoms with van der Waals surface area (Å²) in [5.41, 5.74) is -2.65. The summed E-state index contributed by atoms with van der Waals surface area (Å²) < 4.78 is 86.3. The fourth-order valence-corrected chi connectivity index (χ4v) is 6.64. The van der Waals surface area contributed by atoms with Crippen LogP contribution in [0, 0.1) is 11.8 Å². The number of carbonyl (C=O) groups excluding carboxylic acids is 3. The first kappa shape index (κ1) is 43.7. The molecule has 0 saturated heterocycles. The van der Waals surface area contributed by atoms with E-state index in [0.717, 1.165) is 31.9 Å². The Morgan fingerprint density at radius 1 is 0.860 bits per heavy atom. The highest BCUT2D eigenvalue weighted by atomic mass is 35.5. The zero-order valence-electron chi connectivity index (χ0n) is 32.2. The standard InChI is InChI=1S/C39H44Cl2F2N2O11S/c1-38(2,3)56-37(48)45(57(6,49)50)29-13-11-25(16-32(29)51-20-22-7-8-22)34(46)55-39(4,5)35(47)53-31(17-26-27(40)18-44-19-28(26)41)24-12-14-30(54-36(42)43)33(15-24)52-21-23-9-10-23/h11-16,18-19,22-23,31,36H,7-10,17,20-21H2,1-6H3/t31-/m0/s1. The van der Waals surface area contributed by atoms with E-state index in [9.17, 15) is 31.6 Å². The number of alkyl halides is 2. The number of halogens is 4. The molecule has 5 rings (SSSR count). The molecule has 0 N–H and O–H groups in total. The lowest BCUT2D eigenvalue weighted by atomic mass is 10.0. The normalized spacial score (nSPS) is 15.1. The Kier molecular flexibility index (Phi) is 13.5. The van der Waals surface area contributed by atoms with E-state index < -0.39 is 52.0 Å². The van der Waals surface area contributed by atoms with E-state index in [0.29, 0.717) is 15.4 Å². The van der Waals surface area contributed by atoms with Gasteiger partial charge >= 0.3 is 24.6 Å². The van der Waals surface area contributed by atoms with E-state index in [4.69, 9.17) is 46.9 Å². The third-order valence-corrected chi connectivity index (χ3v) is 10.3. The first-order valence-corrected chi connectivity index (χ1v) is 20.7. The number of pyridine rings is 1. The lowest BCUT2D eigenvalue weighted by Gasteiger charge is -2.28. The first-order valence-electron chi connectivity index (χ1n) is 18.0. The first-order chi connectivity index (χ1) is 26.6. The van der Waals surface area contributed by atoms with Crippen LogP contribution in [0.5, 0.6) is 17.2 Å². The molecule has 0 spiro atoms.